The van der Waals surface area contributed by atoms with Gasteiger partial charge >= 0.3 is 6.18 Å². The van der Waals surface area contributed by atoms with E-state index in [0.29, 0.717) is 44.2 Å². The van der Waals surface area contributed by atoms with Gasteiger partial charge in [0.05, 0.1) is 35.3 Å². The molecule has 2 aromatic rings. The lowest BCUT2D eigenvalue weighted by Gasteiger charge is -2.37. The van der Waals surface area contributed by atoms with Crippen LogP contribution in [0.25, 0.3) is 0 Å². The van der Waals surface area contributed by atoms with Crippen molar-refractivity contribution in [2.75, 3.05) is 42.6 Å². The van der Waals surface area contributed by atoms with Gasteiger partial charge in [-0.1, -0.05) is 11.6 Å². The summed E-state index contributed by atoms with van der Waals surface area (Å²) in [6.45, 7) is 4.10. The number of pyridine rings is 1. The van der Waals surface area contributed by atoms with Crippen LogP contribution in [0.3, 0.4) is 0 Å². The summed E-state index contributed by atoms with van der Waals surface area (Å²) in [5.41, 5.74) is -0.408. The molecule has 0 saturated carbocycles. The molecule has 2 aliphatic heterocycles. The molecule has 1 aromatic heterocycles. The minimum Gasteiger partial charge on any atom is -0.494 e. The number of piperazine rings is 1. The molecule has 176 valence electrons. The van der Waals surface area contributed by atoms with Crippen LogP contribution in [0.15, 0.2) is 36.5 Å². The number of imide groups is 1. The zero-order valence-corrected chi connectivity index (χ0v) is 18.6. The Morgan fingerprint density at radius 2 is 1.79 bits per heavy atom. The molecular weight excluding hydrogens is 461 g/mol. The minimum atomic E-state index is -4.52. The number of amides is 2. The first-order valence-corrected chi connectivity index (χ1v) is 10.9. The largest absolute Gasteiger partial charge is 0.494 e. The Balaban J connectivity index is 1.41. The van der Waals surface area contributed by atoms with Crippen LogP contribution in [0.1, 0.15) is 18.9 Å². The van der Waals surface area contributed by atoms with Gasteiger partial charge in [-0.25, -0.2) is 9.88 Å². The Bertz CT molecular complexity index is 1040. The number of nitrogens with zero attached hydrogens (tertiary/aromatic N) is 4. The summed E-state index contributed by atoms with van der Waals surface area (Å²) in [5, 5.41) is -0.0768. The smallest absolute Gasteiger partial charge is 0.417 e. The number of carbonyl (C=O) groups is 2. The van der Waals surface area contributed by atoms with Gasteiger partial charge in [-0.3, -0.25) is 14.5 Å². The summed E-state index contributed by atoms with van der Waals surface area (Å²) in [4.78, 5) is 34.5. The van der Waals surface area contributed by atoms with Gasteiger partial charge in [-0.05, 0) is 37.3 Å². The lowest BCUT2D eigenvalue weighted by Crippen LogP contribution is -2.52. The van der Waals surface area contributed by atoms with E-state index in [2.05, 4.69) is 4.98 Å². The third kappa shape index (κ3) is 4.77. The average molecular weight is 483 g/mol. The SMILES string of the molecule is CCOc1ccc(N2C(=O)CC(N3CCN(c4ncc(C(F)(F)F)cc4Cl)CC3)C2=O)cc1. The van der Waals surface area contributed by atoms with E-state index in [1.54, 1.807) is 29.2 Å². The number of rotatable bonds is 5. The topological polar surface area (TPSA) is 66.0 Å². The Morgan fingerprint density at radius 3 is 2.36 bits per heavy atom. The van der Waals surface area contributed by atoms with Gasteiger partial charge in [0, 0.05) is 32.4 Å². The molecule has 0 bridgehead atoms. The highest BCUT2D eigenvalue weighted by Gasteiger charge is 2.43. The molecule has 1 atom stereocenters. The number of benzene rings is 1. The van der Waals surface area contributed by atoms with E-state index in [1.165, 1.54) is 4.90 Å². The van der Waals surface area contributed by atoms with E-state index in [9.17, 15) is 22.8 Å². The number of carbonyl (C=O) groups excluding carboxylic acids is 2. The van der Waals surface area contributed by atoms with Gasteiger partial charge in [0.15, 0.2) is 0 Å². The van der Waals surface area contributed by atoms with Crippen molar-refractivity contribution in [2.24, 2.45) is 0 Å². The van der Waals surface area contributed by atoms with Crippen LogP contribution in [-0.4, -0.2) is 60.5 Å². The third-order valence-corrected chi connectivity index (χ3v) is 6.01. The number of halogens is 4. The van der Waals surface area contributed by atoms with Crippen LogP contribution in [0, 0.1) is 0 Å². The van der Waals surface area contributed by atoms with Gasteiger partial charge in [0.2, 0.25) is 5.91 Å². The molecule has 7 nitrogen and oxygen atoms in total. The van der Waals surface area contributed by atoms with Gasteiger partial charge in [-0.15, -0.1) is 0 Å². The second kappa shape index (κ2) is 9.18. The zero-order valence-electron chi connectivity index (χ0n) is 17.8. The molecule has 2 saturated heterocycles. The van der Waals surface area contributed by atoms with Crippen molar-refractivity contribution >= 4 is 34.9 Å². The molecule has 0 aliphatic carbocycles. The van der Waals surface area contributed by atoms with E-state index >= 15 is 0 Å². The predicted octanol–water partition coefficient (Wildman–Crippen LogP) is 3.61. The molecule has 11 heteroatoms. The monoisotopic (exact) mass is 482 g/mol. The number of hydrogen-bond acceptors (Lipinski definition) is 6. The van der Waals surface area contributed by atoms with Crippen LogP contribution in [0.5, 0.6) is 5.75 Å². The first-order chi connectivity index (χ1) is 15.7. The van der Waals surface area contributed by atoms with Gasteiger partial charge in [0.25, 0.3) is 5.91 Å². The van der Waals surface area contributed by atoms with E-state index in [4.69, 9.17) is 16.3 Å². The van der Waals surface area contributed by atoms with Crippen molar-refractivity contribution in [2.45, 2.75) is 25.6 Å². The fourth-order valence-corrected chi connectivity index (χ4v) is 4.38. The van der Waals surface area contributed by atoms with Crippen molar-refractivity contribution < 1.29 is 27.5 Å². The van der Waals surface area contributed by atoms with Crippen LogP contribution in [-0.2, 0) is 15.8 Å². The molecule has 1 aromatic carbocycles. The van der Waals surface area contributed by atoms with Crippen molar-refractivity contribution in [1.82, 2.24) is 9.88 Å². The number of ether oxygens (including phenoxy) is 1. The molecule has 2 aliphatic rings. The molecule has 2 fully saturated rings. The summed E-state index contributed by atoms with van der Waals surface area (Å²) in [6, 6.07) is 7.07. The molecule has 0 spiro atoms. The molecular formula is C22H22ClF3N4O3. The fraction of sp³-hybridized carbons (Fsp3) is 0.409. The van der Waals surface area contributed by atoms with Gasteiger partial charge in [-0.2, -0.15) is 13.2 Å². The van der Waals surface area contributed by atoms with Crippen LogP contribution < -0.4 is 14.5 Å². The van der Waals surface area contributed by atoms with E-state index in [-0.39, 0.29) is 29.1 Å². The molecule has 0 radical (unpaired) electrons. The van der Waals surface area contributed by atoms with Crippen molar-refractivity contribution in [3.63, 3.8) is 0 Å². The number of aromatic nitrogens is 1. The maximum Gasteiger partial charge on any atom is 0.417 e. The highest BCUT2D eigenvalue weighted by Crippen LogP contribution is 2.34. The van der Waals surface area contributed by atoms with E-state index in [1.807, 2.05) is 11.8 Å². The number of hydrogen-bond donors (Lipinski definition) is 0. The molecule has 33 heavy (non-hydrogen) atoms. The lowest BCUT2D eigenvalue weighted by molar-refractivity contribution is -0.137. The molecule has 1 unspecified atom stereocenters. The second-order valence-corrected chi connectivity index (χ2v) is 8.17. The average Bonchev–Trinajstić information content (AvgIpc) is 3.08. The summed E-state index contributed by atoms with van der Waals surface area (Å²) >= 11 is 6.06. The Kier molecular flexibility index (Phi) is 6.49. The minimum absolute atomic E-state index is 0.0747. The Morgan fingerprint density at radius 1 is 1.12 bits per heavy atom. The molecule has 2 amide bonds. The predicted molar refractivity (Wildman–Crippen MR) is 117 cm³/mol. The summed E-state index contributed by atoms with van der Waals surface area (Å²) in [5.74, 6) is 0.366. The van der Waals surface area contributed by atoms with Crippen LogP contribution in [0.2, 0.25) is 5.02 Å². The van der Waals surface area contributed by atoms with Crippen LogP contribution in [0.4, 0.5) is 24.7 Å². The normalized spacial score (nSPS) is 20.0. The number of anilines is 2. The maximum atomic E-state index is 13.0. The van der Waals surface area contributed by atoms with Crippen LogP contribution >= 0.6 is 11.6 Å². The Hall–Kier alpha value is -2.85. The highest BCUT2D eigenvalue weighted by atomic mass is 35.5. The standard InChI is InChI=1S/C22H22ClF3N4O3/c1-2-33-16-5-3-15(4-6-16)30-19(31)12-18(21(30)32)28-7-9-29(10-8-28)20-17(23)11-14(13-27-20)22(24,25)26/h3-6,11,13,18H,2,7-10,12H2,1H3. The summed E-state index contributed by atoms with van der Waals surface area (Å²) < 4.78 is 44.0. The van der Waals surface area contributed by atoms with Crippen molar-refractivity contribution in [3.05, 3.63) is 47.1 Å². The Labute approximate surface area is 193 Å². The fourth-order valence-electron chi connectivity index (χ4n) is 4.09. The van der Waals surface area contributed by atoms with E-state index < -0.39 is 17.8 Å². The molecule has 4 rings (SSSR count). The summed E-state index contributed by atoms with van der Waals surface area (Å²) in [7, 11) is 0. The second-order valence-electron chi connectivity index (χ2n) is 7.76. The van der Waals surface area contributed by atoms with Gasteiger partial charge in [0.1, 0.15) is 11.6 Å². The number of alkyl halides is 3. The first-order valence-electron chi connectivity index (χ1n) is 10.5. The molecule has 3 heterocycles. The zero-order chi connectivity index (χ0) is 23.8. The molecule has 0 N–H and O–H groups in total. The quantitative estimate of drug-likeness (QED) is 0.607. The lowest BCUT2D eigenvalue weighted by atomic mass is 10.1. The third-order valence-electron chi connectivity index (χ3n) is 5.73. The summed E-state index contributed by atoms with van der Waals surface area (Å²) in [6.07, 6.45) is -3.68. The highest BCUT2D eigenvalue weighted by molar-refractivity contribution is 6.33. The van der Waals surface area contributed by atoms with Crippen molar-refractivity contribution in [3.8, 4) is 5.75 Å². The van der Waals surface area contributed by atoms with Crippen molar-refractivity contribution in [1.29, 1.82) is 0 Å². The van der Waals surface area contributed by atoms with E-state index in [0.717, 1.165) is 12.3 Å². The first kappa shape index (κ1) is 23.3. The van der Waals surface area contributed by atoms with Gasteiger partial charge < -0.3 is 9.64 Å². The maximum absolute atomic E-state index is 13.0.